The summed E-state index contributed by atoms with van der Waals surface area (Å²) < 4.78 is 12.3. The van der Waals surface area contributed by atoms with Crippen LogP contribution in [-0.2, 0) is 38.5 Å². The van der Waals surface area contributed by atoms with Gasteiger partial charge in [0.2, 0.25) is 0 Å². The summed E-state index contributed by atoms with van der Waals surface area (Å²) >= 11 is 0. The maximum absolute atomic E-state index is 13.9. The minimum atomic E-state index is -0.538. The van der Waals surface area contributed by atoms with Gasteiger partial charge >= 0.3 is 11.9 Å². The van der Waals surface area contributed by atoms with Crippen LogP contribution in [0.1, 0.15) is 122 Å². The van der Waals surface area contributed by atoms with Crippen molar-refractivity contribution in [3.63, 3.8) is 0 Å². The first-order valence-electron chi connectivity index (χ1n) is 18.0. The monoisotopic (exact) mass is 742 g/mol. The van der Waals surface area contributed by atoms with Crippen molar-refractivity contribution in [1.29, 1.82) is 0 Å². The number of nitrogens with zero attached hydrogens (tertiary/aromatic N) is 3. The van der Waals surface area contributed by atoms with Gasteiger partial charge in [0.15, 0.2) is 0 Å². The Labute approximate surface area is 310 Å². The van der Waals surface area contributed by atoms with E-state index in [-0.39, 0.29) is 90.1 Å². The number of nitrogens with one attached hydrogen (secondary N) is 2. The Kier molecular flexibility index (Phi) is 14.6. The van der Waals surface area contributed by atoms with Crippen LogP contribution in [0.3, 0.4) is 0 Å². The summed E-state index contributed by atoms with van der Waals surface area (Å²) in [6.45, 7) is 20.2. The van der Waals surface area contributed by atoms with Crippen molar-refractivity contribution >= 4 is 41.6 Å². The molecule has 2 saturated carbocycles. The van der Waals surface area contributed by atoms with E-state index in [1.807, 2.05) is 6.92 Å². The fourth-order valence-electron chi connectivity index (χ4n) is 8.10. The zero-order valence-corrected chi connectivity index (χ0v) is 34.7. The van der Waals surface area contributed by atoms with Gasteiger partial charge < -0.3 is 24.9 Å². The number of carbonyl (C=O) groups excluding carboxylic acids is 3. The molecule has 0 bridgehead atoms. The Hall–Kier alpha value is -3.27. The zero-order valence-electron chi connectivity index (χ0n) is 31.7. The molecule has 0 radical (unpaired) electrons. The van der Waals surface area contributed by atoms with Gasteiger partial charge in [-0.05, 0) is 117 Å². The molecule has 1 aromatic rings. The molecule has 0 saturated heterocycles. The summed E-state index contributed by atoms with van der Waals surface area (Å²) in [6.07, 6.45) is 6.75. The Morgan fingerprint density at radius 1 is 0.900 bits per heavy atom. The second-order valence-electron chi connectivity index (χ2n) is 15.0. The number of ether oxygens (including phenoxy) is 2. The number of carbonyl (C=O) groups is 3. The number of hydrogen-bond acceptors (Lipinski definition) is 7. The van der Waals surface area contributed by atoms with Crippen LogP contribution in [0.5, 0.6) is 0 Å². The fraction of sp³-hybridized carbons (Fsp3) is 0.658. The Balaban J connectivity index is 0.00000676. The maximum Gasteiger partial charge on any atom is 0.342 e. The SMILES string of the molecule is CCCCN=C(O)NC1=N/C(=C\c2[n-]c(NC(C)=O)c(C(=O)OC3C(C)CC(C)CC3C)c2C)C(C)=C1C(=O)OC1C(C)CC(C)CC1C.[Zn]. The van der Waals surface area contributed by atoms with Gasteiger partial charge in [-0.3, -0.25) is 10.1 Å². The quantitative estimate of drug-likeness (QED) is 0.0795. The Bertz CT molecular complexity index is 1520. The van der Waals surface area contributed by atoms with Gasteiger partial charge in [0, 0.05) is 26.0 Å². The number of rotatable bonds is 9. The predicted molar refractivity (Wildman–Crippen MR) is 192 cm³/mol. The topological polar surface area (TPSA) is 153 Å². The van der Waals surface area contributed by atoms with Gasteiger partial charge in [-0.1, -0.05) is 54.9 Å². The average molecular weight is 744 g/mol. The first-order valence-corrected chi connectivity index (χ1v) is 18.0. The van der Waals surface area contributed by atoms with Crippen LogP contribution >= 0.6 is 0 Å². The number of esters is 2. The first-order chi connectivity index (χ1) is 23.1. The molecule has 4 rings (SSSR count). The molecular weight excluding hydrogens is 688 g/mol. The summed E-state index contributed by atoms with van der Waals surface area (Å²) in [5.41, 5.74) is 2.21. The molecule has 11 nitrogen and oxygen atoms in total. The fourth-order valence-corrected chi connectivity index (χ4v) is 8.10. The first kappa shape index (κ1) is 41.2. The van der Waals surface area contributed by atoms with Gasteiger partial charge in [-0.25, -0.2) is 19.6 Å². The minimum Gasteiger partial charge on any atom is -0.481 e. The molecule has 2 fully saturated rings. The molecule has 3 N–H and O–H groups in total. The minimum absolute atomic E-state index is 0. The van der Waals surface area contributed by atoms with E-state index in [2.05, 4.69) is 62.2 Å². The van der Waals surface area contributed by atoms with E-state index in [0.717, 1.165) is 38.5 Å². The van der Waals surface area contributed by atoms with Crippen molar-refractivity contribution < 1.29 is 48.4 Å². The third kappa shape index (κ3) is 9.74. The van der Waals surface area contributed by atoms with Crippen molar-refractivity contribution in [2.75, 3.05) is 11.9 Å². The number of aliphatic hydroxyl groups is 1. The molecule has 2 aliphatic carbocycles. The number of aliphatic imine (C=N–C) groups is 2. The smallest absolute Gasteiger partial charge is 0.342 e. The van der Waals surface area contributed by atoms with Crippen LogP contribution in [0.2, 0.25) is 0 Å². The van der Waals surface area contributed by atoms with Gasteiger partial charge in [0.25, 0.3) is 6.02 Å². The van der Waals surface area contributed by atoms with Crippen LogP contribution in [0.4, 0.5) is 5.82 Å². The van der Waals surface area contributed by atoms with Crippen LogP contribution in [0.15, 0.2) is 26.8 Å². The van der Waals surface area contributed by atoms with Crippen molar-refractivity contribution in [2.45, 2.75) is 120 Å². The summed E-state index contributed by atoms with van der Waals surface area (Å²) in [6, 6.07) is -0.346. The molecule has 0 aromatic carbocycles. The molecule has 3 aliphatic rings. The number of aromatic nitrogens is 1. The van der Waals surface area contributed by atoms with Gasteiger partial charge in [0.05, 0.1) is 11.3 Å². The number of unbranched alkanes of at least 4 members (excludes halogenated alkanes) is 1. The third-order valence-electron chi connectivity index (χ3n) is 10.3. The normalized spacial score (nSPS) is 29.3. The van der Waals surface area contributed by atoms with E-state index < -0.39 is 11.9 Å². The van der Waals surface area contributed by atoms with Crippen molar-refractivity contribution in [1.82, 2.24) is 10.3 Å². The second kappa shape index (κ2) is 17.8. The van der Waals surface area contributed by atoms with E-state index in [1.54, 1.807) is 19.9 Å². The van der Waals surface area contributed by atoms with Crippen LogP contribution in [-0.4, -0.2) is 53.6 Å². The molecule has 2 heterocycles. The molecule has 1 aliphatic heterocycles. The number of anilines is 1. The van der Waals surface area contributed by atoms with Crippen LogP contribution < -0.4 is 15.6 Å². The van der Waals surface area contributed by atoms with Crippen molar-refractivity contribution in [3.8, 4) is 0 Å². The number of amides is 1. The molecule has 4 unspecified atom stereocenters. The molecule has 50 heavy (non-hydrogen) atoms. The average Bonchev–Trinajstić information content (AvgIpc) is 3.46. The number of allylic oxidation sites excluding steroid dienone is 1. The Morgan fingerprint density at radius 2 is 1.42 bits per heavy atom. The predicted octanol–water partition coefficient (Wildman–Crippen LogP) is 7.12. The summed E-state index contributed by atoms with van der Waals surface area (Å²) in [5, 5.41) is 16.1. The van der Waals surface area contributed by atoms with Crippen LogP contribution in [0.25, 0.3) is 6.08 Å². The third-order valence-corrected chi connectivity index (χ3v) is 10.3. The number of aliphatic hydroxyl groups excluding tert-OH is 1. The zero-order chi connectivity index (χ0) is 36.2. The standard InChI is InChI=1S/C38H57N5O6.Zn/c1-11-12-13-39-38(47)43-35-31(37(46)49-33-23(6)16-20(3)17-24(33)7)26(9)29(42-35)18-28-25(8)30(34(41-28)40-27(10)44)36(45)48-32-21(4)14-19(2)15-22(32)5;/h18-24,32-33H,11-17H2,1-10H3,(H4,39,40,41,42,43,44,45,46,47);/p-1. The van der Waals surface area contributed by atoms with Gasteiger partial charge in [-0.15, -0.1) is 0 Å². The van der Waals surface area contributed by atoms with E-state index >= 15 is 0 Å². The molecule has 272 valence electrons. The van der Waals surface area contributed by atoms with E-state index in [4.69, 9.17) is 14.5 Å². The molecule has 4 atom stereocenters. The molecule has 0 spiro atoms. The summed E-state index contributed by atoms with van der Waals surface area (Å²) in [7, 11) is 0. The molecule has 1 amide bonds. The van der Waals surface area contributed by atoms with Gasteiger partial charge in [-0.2, -0.15) is 0 Å². The summed E-state index contributed by atoms with van der Waals surface area (Å²) in [5.74, 6) is 0.698. The molecular formula is C38H56N5O6Zn-. The van der Waals surface area contributed by atoms with E-state index in [0.29, 0.717) is 40.9 Å². The maximum atomic E-state index is 13.9. The van der Waals surface area contributed by atoms with Crippen LogP contribution in [0, 0.1) is 42.4 Å². The largest absolute Gasteiger partial charge is 0.481 e. The van der Waals surface area contributed by atoms with Crippen molar-refractivity contribution in [2.24, 2.45) is 45.5 Å². The second-order valence-corrected chi connectivity index (χ2v) is 15.0. The van der Waals surface area contributed by atoms with Gasteiger partial charge in [0.1, 0.15) is 29.5 Å². The molecule has 1 aromatic heterocycles. The Morgan fingerprint density at radius 3 is 1.92 bits per heavy atom. The summed E-state index contributed by atoms with van der Waals surface area (Å²) in [4.78, 5) is 53.3. The van der Waals surface area contributed by atoms with Crippen molar-refractivity contribution in [3.05, 3.63) is 33.7 Å². The molecule has 12 heteroatoms. The number of amidine groups is 2. The van der Waals surface area contributed by atoms with E-state index in [9.17, 15) is 19.5 Å². The number of hydrogen-bond donors (Lipinski definition) is 3. The van der Waals surface area contributed by atoms with E-state index in [1.165, 1.54) is 6.92 Å².